The molecule has 7 heteroatoms. The number of nitrogen functional groups attached to an aromatic ring is 1. The molecular formula is C12H14N4O2S. The Bertz CT molecular complexity index is 597. The van der Waals surface area contributed by atoms with Crippen molar-refractivity contribution in [3.05, 3.63) is 29.1 Å². The van der Waals surface area contributed by atoms with Gasteiger partial charge < -0.3 is 21.1 Å². The number of nitrogens with zero attached hydrogens (tertiary/aromatic N) is 1. The smallest absolute Gasteiger partial charge is 0.269 e. The number of carbonyl (C=O) groups excluding carboxylic acids is 1. The van der Waals surface area contributed by atoms with Crippen LogP contribution >= 0.6 is 11.3 Å². The van der Waals surface area contributed by atoms with Crippen LogP contribution in [0, 0.1) is 0 Å². The zero-order valence-corrected chi connectivity index (χ0v) is 11.4. The van der Waals surface area contributed by atoms with Crippen LogP contribution in [0.4, 0.5) is 16.6 Å². The van der Waals surface area contributed by atoms with Crippen LogP contribution in [0.5, 0.6) is 5.75 Å². The predicted octanol–water partition coefficient (Wildman–Crippen LogP) is 2.03. The highest BCUT2D eigenvalue weighted by Crippen LogP contribution is 2.26. The van der Waals surface area contributed by atoms with Gasteiger partial charge in [-0.2, -0.15) is 0 Å². The molecule has 0 aliphatic heterocycles. The average Bonchev–Trinajstić information content (AvgIpc) is 2.80. The molecular weight excluding hydrogens is 264 g/mol. The van der Waals surface area contributed by atoms with Gasteiger partial charge in [-0.15, -0.1) is 0 Å². The summed E-state index contributed by atoms with van der Waals surface area (Å²) in [5.74, 6) is 0.602. The Morgan fingerprint density at radius 2 is 2.26 bits per heavy atom. The van der Waals surface area contributed by atoms with Crippen LogP contribution < -0.4 is 21.1 Å². The molecule has 100 valence electrons. The molecule has 0 saturated carbocycles. The molecule has 0 aliphatic rings. The van der Waals surface area contributed by atoms with E-state index in [9.17, 15) is 4.79 Å². The highest BCUT2D eigenvalue weighted by atomic mass is 32.1. The van der Waals surface area contributed by atoms with Gasteiger partial charge in [0.1, 0.15) is 16.4 Å². The molecule has 0 bridgehead atoms. The number of benzene rings is 1. The summed E-state index contributed by atoms with van der Waals surface area (Å²) < 4.78 is 5.09. The predicted molar refractivity (Wildman–Crippen MR) is 77.0 cm³/mol. The molecule has 1 heterocycles. The average molecular weight is 278 g/mol. The molecule has 1 amide bonds. The molecule has 0 aliphatic carbocycles. The molecule has 1 aromatic carbocycles. The first-order chi connectivity index (χ1) is 9.13. The fourth-order valence-corrected chi connectivity index (χ4v) is 2.22. The van der Waals surface area contributed by atoms with Crippen molar-refractivity contribution in [1.82, 2.24) is 4.98 Å². The minimum absolute atomic E-state index is 0.217. The summed E-state index contributed by atoms with van der Waals surface area (Å²) in [5.41, 5.74) is 6.34. The van der Waals surface area contributed by atoms with Crippen LogP contribution in [0.25, 0.3) is 0 Å². The Hall–Kier alpha value is -2.28. The Balaban J connectivity index is 2.17. The maximum absolute atomic E-state index is 12.1. The van der Waals surface area contributed by atoms with Crippen molar-refractivity contribution in [3.8, 4) is 5.75 Å². The van der Waals surface area contributed by atoms with Gasteiger partial charge in [0, 0.05) is 18.8 Å². The lowest BCUT2D eigenvalue weighted by Crippen LogP contribution is -2.12. The molecule has 2 aromatic rings. The van der Waals surface area contributed by atoms with E-state index < -0.39 is 0 Å². The van der Waals surface area contributed by atoms with E-state index in [1.165, 1.54) is 11.3 Å². The van der Waals surface area contributed by atoms with Crippen LogP contribution in [0.1, 0.15) is 9.67 Å². The van der Waals surface area contributed by atoms with E-state index in [2.05, 4.69) is 15.6 Å². The van der Waals surface area contributed by atoms with Gasteiger partial charge in [0.25, 0.3) is 5.91 Å². The number of ether oxygens (including phenoxy) is 1. The lowest BCUT2D eigenvalue weighted by molar-refractivity contribution is 0.103. The zero-order valence-electron chi connectivity index (χ0n) is 10.6. The third-order valence-corrected chi connectivity index (χ3v) is 3.49. The summed E-state index contributed by atoms with van der Waals surface area (Å²) in [6.07, 6.45) is 0. The van der Waals surface area contributed by atoms with Crippen molar-refractivity contribution < 1.29 is 9.53 Å². The van der Waals surface area contributed by atoms with Crippen molar-refractivity contribution >= 4 is 33.9 Å². The van der Waals surface area contributed by atoms with E-state index in [0.717, 1.165) is 0 Å². The summed E-state index contributed by atoms with van der Waals surface area (Å²) in [4.78, 5) is 16.5. The van der Waals surface area contributed by atoms with Crippen molar-refractivity contribution in [3.63, 3.8) is 0 Å². The first-order valence-corrected chi connectivity index (χ1v) is 6.35. The molecule has 2 rings (SSSR count). The molecule has 0 radical (unpaired) electrons. The van der Waals surface area contributed by atoms with Gasteiger partial charge in [-0.25, -0.2) is 4.98 Å². The number of hydrogen-bond donors (Lipinski definition) is 3. The normalized spacial score (nSPS) is 10.0. The monoisotopic (exact) mass is 278 g/mol. The van der Waals surface area contributed by atoms with Crippen molar-refractivity contribution in [2.24, 2.45) is 0 Å². The molecule has 0 fully saturated rings. The highest BCUT2D eigenvalue weighted by molar-refractivity contribution is 7.18. The second-order valence-corrected chi connectivity index (χ2v) is 4.67. The maximum atomic E-state index is 12.1. The number of aromatic nitrogens is 1. The van der Waals surface area contributed by atoms with E-state index in [0.29, 0.717) is 21.4 Å². The summed E-state index contributed by atoms with van der Waals surface area (Å²) in [6.45, 7) is 0. The second-order valence-electron chi connectivity index (χ2n) is 3.67. The minimum atomic E-state index is -0.287. The van der Waals surface area contributed by atoms with Crippen LogP contribution in [-0.2, 0) is 0 Å². The van der Waals surface area contributed by atoms with Crippen LogP contribution in [0.2, 0.25) is 0 Å². The van der Waals surface area contributed by atoms with Gasteiger partial charge in [-0.1, -0.05) is 17.4 Å². The molecule has 1 aromatic heterocycles. The largest absolute Gasteiger partial charge is 0.497 e. The third kappa shape index (κ3) is 2.94. The summed E-state index contributed by atoms with van der Waals surface area (Å²) in [5, 5.41) is 6.21. The Morgan fingerprint density at radius 1 is 1.47 bits per heavy atom. The third-order valence-electron chi connectivity index (χ3n) is 2.40. The first-order valence-electron chi connectivity index (χ1n) is 5.53. The number of hydrogen-bond acceptors (Lipinski definition) is 6. The van der Waals surface area contributed by atoms with Crippen LogP contribution in [-0.4, -0.2) is 25.0 Å². The Morgan fingerprint density at radius 3 is 2.89 bits per heavy atom. The molecule has 6 nitrogen and oxygen atoms in total. The Labute approximate surface area is 114 Å². The van der Waals surface area contributed by atoms with Gasteiger partial charge in [-0.05, 0) is 12.1 Å². The minimum Gasteiger partial charge on any atom is -0.497 e. The maximum Gasteiger partial charge on any atom is 0.269 e. The van der Waals surface area contributed by atoms with Crippen molar-refractivity contribution in [1.29, 1.82) is 0 Å². The summed E-state index contributed by atoms with van der Waals surface area (Å²) in [7, 11) is 3.29. The van der Waals surface area contributed by atoms with Gasteiger partial charge in [-0.3, -0.25) is 4.79 Å². The van der Waals surface area contributed by atoms with E-state index in [4.69, 9.17) is 10.5 Å². The highest BCUT2D eigenvalue weighted by Gasteiger charge is 2.15. The van der Waals surface area contributed by atoms with Crippen molar-refractivity contribution in [2.75, 3.05) is 30.5 Å². The number of amides is 1. The van der Waals surface area contributed by atoms with E-state index in [-0.39, 0.29) is 11.7 Å². The lowest BCUT2D eigenvalue weighted by atomic mass is 10.3. The molecule has 0 saturated heterocycles. The zero-order chi connectivity index (χ0) is 13.8. The lowest BCUT2D eigenvalue weighted by Gasteiger charge is -2.05. The van der Waals surface area contributed by atoms with Gasteiger partial charge in [0.2, 0.25) is 0 Å². The second kappa shape index (κ2) is 5.57. The summed E-state index contributed by atoms with van der Waals surface area (Å²) in [6, 6.07) is 7.10. The molecule has 4 N–H and O–H groups in total. The molecule has 19 heavy (non-hydrogen) atoms. The molecule has 0 unspecified atom stereocenters. The Kier molecular flexibility index (Phi) is 3.86. The number of thiazole rings is 1. The molecule has 0 atom stereocenters. The fourth-order valence-electron chi connectivity index (χ4n) is 1.49. The first kappa shape index (κ1) is 13.2. The van der Waals surface area contributed by atoms with Gasteiger partial charge in [0.15, 0.2) is 5.13 Å². The number of rotatable bonds is 4. The number of methoxy groups -OCH3 is 1. The molecule has 0 spiro atoms. The number of nitrogens with one attached hydrogen (secondary N) is 2. The van der Waals surface area contributed by atoms with Crippen molar-refractivity contribution in [2.45, 2.75) is 0 Å². The fraction of sp³-hybridized carbons (Fsp3) is 0.167. The summed E-state index contributed by atoms with van der Waals surface area (Å²) >= 11 is 1.21. The van der Waals surface area contributed by atoms with Gasteiger partial charge in [0.05, 0.1) is 7.11 Å². The van der Waals surface area contributed by atoms with E-state index in [1.807, 2.05) is 0 Å². The number of anilines is 3. The van der Waals surface area contributed by atoms with E-state index >= 15 is 0 Å². The van der Waals surface area contributed by atoms with Crippen LogP contribution in [0.3, 0.4) is 0 Å². The number of nitrogens with two attached hydrogens (primary N) is 1. The quantitative estimate of drug-likeness (QED) is 0.796. The van der Waals surface area contributed by atoms with Gasteiger partial charge >= 0.3 is 0 Å². The standard InChI is InChI=1S/C12H14N4O2S/c1-14-12-16-10(13)9(19-12)11(17)15-7-4-3-5-8(6-7)18-2/h3-6H,13H2,1-2H3,(H,14,16)(H,15,17). The SMILES string of the molecule is CNc1nc(N)c(C(=O)Nc2cccc(OC)c2)s1. The topological polar surface area (TPSA) is 89.3 Å². The van der Waals surface area contributed by atoms with Crippen LogP contribution in [0.15, 0.2) is 24.3 Å². The number of carbonyl (C=O) groups is 1. The van der Waals surface area contributed by atoms with E-state index in [1.54, 1.807) is 38.4 Å².